The Hall–Kier alpha value is -1.68. The molecule has 1 aromatic heterocycles. The van der Waals surface area contributed by atoms with E-state index >= 15 is 0 Å². The molecule has 1 aliphatic carbocycles. The van der Waals surface area contributed by atoms with Crippen LogP contribution in [0.1, 0.15) is 43.3 Å². The number of imidazole rings is 1. The van der Waals surface area contributed by atoms with Crippen molar-refractivity contribution >= 4 is 0 Å². The Kier molecular flexibility index (Phi) is 4.06. The predicted molar refractivity (Wildman–Crippen MR) is 81.4 cm³/mol. The largest absolute Gasteiger partial charge is 0.334 e. The van der Waals surface area contributed by atoms with Gasteiger partial charge in [0.25, 0.3) is 0 Å². The number of aryl methyl sites for hydroxylation is 1. The van der Waals surface area contributed by atoms with Crippen LogP contribution in [0.15, 0.2) is 30.6 Å². The third kappa shape index (κ3) is 2.72. The van der Waals surface area contributed by atoms with Gasteiger partial charge in [0.15, 0.2) is 0 Å². The summed E-state index contributed by atoms with van der Waals surface area (Å²) in [5.74, 6) is 1.47. The van der Waals surface area contributed by atoms with E-state index in [9.17, 15) is 4.39 Å². The summed E-state index contributed by atoms with van der Waals surface area (Å²) < 4.78 is 16.1. The molecule has 4 heteroatoms. The number of hydrogen-bond acceptors (Lipinski definition) is 2. The molecular weight excluding hydrogens is 265 g/mol. The third-order valence-electron chi connectivity index (χ3n) is 4.53. The standard InChI is InChI=1S/C17H22FN3/c1-3-21-10-9-19-16(21)11-20-17-12(2)7-8-13-14(17)5-4-6-15(13)18/h4-6,9-10,12,17,20H,3,7-8,11H2,1-2H3. The van der Waals surface area contributed by atoms with Crippen molar-refractivity contribution in [3.05, 3.63) is 53.4 Å². The highest BCUT2D eigenvalue weighted by atomic mass is 19.1. The van der Waals surface area contributed by atoms with Crippen LogP contribution in [-0.4, -0.2) is 9.55 Å². The lowest BCUT2D eigenvalue weighted by Gasteiger charge is -2.32. The zero-order chi connectivity index (χ0) is 14.8. The molecular formula is C17H22FN3. The molecule has 0 amide bonds. The highest BCUT2D eigenvalue weighted by Gasteiger charge is 2.28. The maximum Gasteiger partial charge on any atom is 0.126 e. The van der Waals surface area contributed by atoms with Crippen molar-refractivity contribution in [1.82, 2.24) is 14.9 Å². The zero-order valence-corrected chi connectivity index (χ0v) is 12.6. The van der Waals surface area contributed by atoms with Gasteiger partial charge in [-0.05, 0) is 42.9 Å². The summed E-state index contributed by atoms with van der Waals surface area (Å²) >= 11 is 0. The van der Waals surface area contributed by atoms with E-state index in [1.165, 1.54) is 0 Å². The van der Waals surface area contributed by atoms with Crippen molar-refractivity contribution in [3.8, 4) is 0 Å². The van der Waals surface area contributed by atoms with Gasteiger partial charge in [0, 0.05) is 25.0 Å². The van der Waals surface area contributed by atoms with Crippen LogP contribution in [0.3, 0.4) is 0 Å². The lowest BCUT2D eigenvalue weighted by molar-refractivity contribution is 0.334. The summed E-state index contributed by atoms with van der Waals surface area (Å²) in [4.78, 5) is 4.40. The maximum atomic E-state index is 14.0. The molecule has 1 aliphatic rings. The van der Waals surface area contributed by atoms with Gasteiger partial charge in [0.05, 0.1) is 6.54 Å². The van der Waals surface area contributed by atoms with E-state index in [0.29, 0.717) is 12.5 Å². The van der Waals surface area contributed by atoms with Gasteiger partial charge in [-0.2, -0.15) is 0 Å². The molecule has 1 aromatic carbocycles. The molecule has 0 radical (unpaired) electrons. The molecule has 21 heavy (non-hydrogen) atoms. The van der Waals surface area contributed by atoms with Crippen LogP contribution in [0.4, 0.5) is 4.39 Å². The Bertz CT molecular complexity index is 620. The summed E-state index contributed by atoms with van der Waals surface area (Å²) in [7, 11) is 0. The van der Waals surface area contributed by atoms with Gasteiger partial charge in [-0.3, -0.25) is 0 Å². The van der Waals surface area contributed by atoms with Gasteiger partial charge in [0.1, 0.15) is 11.6 Å². The minimum atomic E-state index is -0.0683. The number of fused-ring (bicyclic) bond motifs is 1. The lowest BCUT2D eigenvalue weighted by atomic mass is 9.80. The van der Waals surface area contributed by atoms with E-state index in [-0.39, 0.29) is 11.9 Å². The molecule has 0 fully saturated rings. The third-order valence-corrected chi connectivity index (χ3v) is 4.53. The summed E-state index contributed by atoms with van der Waals surface area (Å²) in [6, 6.07) is 5.63. The molecule has 2 aromatic rings. The van der Waals surface area contributed by atoms with Gasteiger partial charge in [-0.25, -0.2) is 9.37 Å². The van der Waals surface area contributed by atoms with Gasteiger partial charge in [0.2, 0.25) is 0 Å². The molecule has 0 saturated carbocycles. The fraction of sp³-hybridized carbons (Fsp3) is 0.471. The van der Waals surface area contributed by atoms with Crippen molar-refractivity contribution in [2.24, 2.45) is 5.92 Å². The van der Waals surface area contributed by atoms with Crippen LogP contribution in [0.5, 0.6) is 0 Å². The van der Waals surface area contributed by atoms with E-state index in [1.807, 2.05) is 18.5 Å². The summed E-state index contributed by atoms with van der Waals surface area (Å²) in [5.41, 5.74) is 2.00. The summed E-state index contributed by atoms with van der Waals surface area (Å²) in [5, 5.41) is 3.58. The first-order valence-electron chi connectivity index (χ1n) is 7.71. The van der Waals surface area contributed by atoms with E-state index < -0.39 is 0 Å². The van der Waals surface area contributed by atoms with Crippen molar-refractivity contribution in [2.75, 3.05) is 0 Å². The first-order chi connectivity index (χ1) is 10.2. The number of aromatic nitrogens is 2. The van der Waals surface area contributed by atoms with Gasteiger partial charge < -0.3 is 9.88 Å². The molecule has 2 atom stereocenters. The SMILES string of the molecule is CCn1ccnc1CNC1c2cccc(F)c2CCC1C. The number of halogens is 1. The molecule has 112 valence electrons. The lowest BCUT2D eigenvalue weighted by Crippen LogP contribution is -2.32. The molecule has 0 aliphatic heterocycles. The molecule has 0 saturated heterocycles. The smallest absolute Gasteiger partial charge is 0.126 e. The maximum absolute atomic E-state index is 14.0. The quantitative estimate of drug-likeness (QED) is 0.933. The Balaban J connectivity index is 1.81. The molecule has 3 rings (SSSR count). The molecule has 0 spiro atoms. The molecule has 2 unspecified atom stereocenters. The molecule has 1 N–H and O–H groups in total. The van der Waals surface area contributed by atoms with Crippen molar-refractivity contribution in [1.29, 1.82) is 0 Å². The summed E-state index contributed by atoms with van der Waals surface area (Å²) in [6.07, 6.45) is 5.69. The topological polar surface area (TPSA) is 29.9 Å². The van der Waals surface area contributed by atoms with Gasteiger partial charge in [-0.15, -0.1) is 0 Å². The van der Waals surface area contributed by atoms with Crippen LogP contribution in [0.25, 0.3) is 0 Å². The average Bonchev–Trinajstić information content (AvgIpc) is 2.94. The first kappa shape index (κ1) is 14.3. The van der Waals surface area contributed by atoms with E-state index in [0.717, 1.165) is 36.3 Å². The normalized spacial score (nSPS) is 21.3. The van der Waals surface area contributed by atoms with Crippen molar-refractivity contribution in [2.45, 2.75) is 45.8 Å². The number of rotatable bonds is 4. The molecule has 1 heterocycles. The Morgan fingerprint density at radius 2 is 2.29 bits per heavy atom. The minimum Gasteiger partial charge on any atom is -0.334 e. The number of benzene rings is 1. The highest BCUT2D eigenvalue weighted by Crippen LogP contribution is 2.35. The van der Waals surface area contributed by atoms with E-state index in [4.69, 9.17) is 0 Å². The second-order valence-electron chi connectivity index (χ2n) is 5.81. The fourth-order valence-electron chi connectivity index (χ4n) is 3.28. The van der Waals surface area contributed by atoms with Crippen LogP contribution >= 0.6 is 0 Å². The Morgan fingerprint density at radius 1 is 1.43 bits per heavy atom. The zero-order valence-electron chi connectivity index (χ0n) is 12.6. The number of nitrogens with one attached hydrogen (secondary N) is 1. The van der Waals surface area contributed by atoms with E-state index in [1.54, 1.807) is 6.07 Å². The minimum absolute atomic E-state index is 0.0683. The summed E-state index contributed by atoms with van der Waals surface area (Å²) in [6.45, 7) is 5.98. The van der Waals surface area contributed by atoms with E-state index in [2.05, 4.69) is 34.8 Å². The highest BCUT2D eigenvalue weighted by molar-refractivity contribution is 5.34. The molecule has 0 bridgehead atoms. The second kappa shape index (κ2) is 5.98. The average molecular weight is 287 g/mol. The van der Waals surface area contributed by atoms with Crippen molar-refractivity contribution < 1.29 is 4.39 Å². The van der Waals surface area contributed by atoms with Crippen LogP contribution < -0.4 is 5.32 Å². The van der Waals surface area contributed by atoms with Crippen LogP contribution in [-0.2, 0) is 19.5 Å². The predicted octanol–water partition coefficient (Wildman–Crippen LogP) is 3.46. The second-order valence-corrected chi connectivity index (χ2v) is 5.81. The Morgan fingerprint density at radius 3 is 3.10 bits per heavy atom. The number of nitrogens with zero attached hydrogens (tertiary/aromatic N) is 2. The van der Waals surface area contributed by atoms with Crippen LogP contribution in [0, 0.1) is 11.7 Å². The Labute approximate surface area is 125 Å². The molecule has 3 nitrogen and oxygen atoms in total. The monoisotopic (exact) mass is 287 g/mol. The fourth-order valence-corrected chi connectivity index (χ4v) is 3.28. The van der Waals surface area contributed by atoms with Gasteiger partial charge in [-0.1, -0.05) is 19.1 Å². The van der Waals surface area contributed by atoms with Crippen LogP contribution in [0.2, 0.25) is 0 Å². The first-order valence-corrected chi connectivity index (χ1v) is 7.71. The number of hydrogen-bond donors (Lipinski definition) is 1. The van der Waals surface area contributed by atoms with Crippen molar-refractivity contribution in [3.63, 3.8) is 0 Å². The van der Waals surface area contributed by atoms with Gasteiger partial charge >= 0.3 is 0 Å².